The zero-order valence-corrected chi connectivity index (χ0v) is 12.0. The molecule has 0 radical (unpaired) electrons. The van der Waals surface area contributed by atoms with Crippen LogP contribution in [0.5, 0.6) is 0 Å². The van der Waals surface area contributed by atoms with Crippen molar-refractivity contribution in [2.75, 3.05) is 5.32 Å². The van der Waals surface area contributed by atoms with Crippen LogP contribution in [0.15, 0.2) is 42.5 Å². The molecule has 4 heteroatoms. The highest BCUT2D eigenvalue weighted by Crippen LogP contribution is 2.15. The summed E-state index contributed by atoms with van der Waals surface area (Å²) in [5.41, 5.74) is 8.73. The van der Waals surface area contributed by atoms with Gasteiger partial charge < -0.3 is 11.1 Å². The maximum absolute atomic E-state index is 13.3. The Hall–Kier alpha value is -2.20. The highest BCUT2D eigenvalue weighted by molar-refractivity contribution is 5.90. The Morgan fingerprint density at radius 2 is 2.05 bits per heavy atom. The zero-order chi connectivity index (χ0) is 15.2. The molecule has 2 aromatic carbocycles. The highest BCUT2D eigenvalue weighted by Gasteiger charge is 2.06. The predicted octanol–water partition coefficient (Wildman–Crippen LogP) is 3.16. The number of hydrogen-bond acceptors (Lipinski definition) is 2. The Bertz CT molecular complexity index is 640. The van der Waals surface area contributed by atoms with E-state index in [1.807, 2.05) is 25.1 Å². The van der Waals surface area contributed by atoms with Crippen LogP contribution >= 0.6 is 0 Å². The van der Waals surface area contributed by atoms with Crippen molar-refractivity contribution in [3.05, 3.63) is 65.0 Å². The van der Waals surface area contributed by atoms with Gasteiger partial charge in [-0.1, -0.05) is 29.8 Å². The fourth-order valence-corrected chi connectivity index (χ4v) is 2.16. The van der Waals surface area contributed by atoms with E-state index in [-0.39, 0.29) is 18.3 Å². The Labute approximate surface area is 124 Å². The molecule has 3 nitrogen and oxygen atoms in total. The van der Waals surface area contributed by atoms with Crippen LogP contribution < -0.4 is 11.1 Å². The van der Waals surface area contributed by atoms with E-state index in [0.717, 1.165) is 5.56 Å². The molecule has 0 saturated heterocycles. The third kappa shape index (κ3) is 4.39. The second kappa shape index (κ2) is 6.99. The number of rotatable bonds is 5. The van der Waals surface area contributed by atoms with Gasteiger partial charge in [0.15, 0.2) is 0 Å². The van der Waals surface area contributed by atoms with Gasteiger partial charge in [0.2, 0.25) is 5.91 Å². The highest BCUT2D eigenvalue weighted by atomic mass is 19.1. The third-order valence-corrected chi connectivity index (χ3v) is 3.27. The van der Waals surface area contributed by atoms with E-state index in [0.29, 0.717) is 24.1 Å². The molecule has 0 fully saturated rings. The van der Waals surface area contributed by atoms with Gasteiger partial charge in [-0.25, -0.2) is 4.39 Å². The van der Waals surface area contributed by atoms with Gasteiger partial charge in [-0.15, -0.1) is 0 Å². The first-order chi connectivity index (χ1) is 10.1. The number of carbonyl (C=O) groups is 1. The van der Waals surface area contributed by atoms with Gasteiger partial charge in [0.25, 0.3) is 0 Å². The molecule has 2 aromatic rings. The molecule has 0 heterocycles. The lowest BCUT2D eigenvalue weighted by Crippen LogP contribution is -2.13. The van der Waals surface area contributed by atoms with E-state index in [9.17, 15) is 9.18 Å². The normalized spacial score (nSPS) is 10.4. The number of nitrogens with two attached hydrogens (primary N) is 1. The van der Waals surface area contributed by atoms with Crippen LogP contribution in [0.1, 0.15) is 23.1 Å². The minimum Gasteiger partial charge on any atom is -0.326 e. The van der Waals surface area contributed by atoms with Crippen molar-refractivity contribution in [1.29, 1.82) is 0 Å². The van der Waals surface area contributed by atoms with Crippen LogP contribution in [0.2, 0.25) is 0 Å². The maximum Gasteiger partial charge on any atom is 0.224 e. The summed E-state index contributed by atoms with van der Waals surface area (Å²) in [5, 5.41) is 2.77. The van der Waals surface area contributed by atoms with Crippen molar-refractivity contribution >= 4 is 11.6 Å². The van der Waals surface area contributed by atoms with Crippen LogP contribution in [0, 0.1) is 12.7 Å². The predicted molar refractivity (Wildman–Crippen MR) is 82.4 cm³/mol. The van der Waals surface area contributed by atoms with Crippen molar-refractivity contribution in [3.8, 4) is 0 Å². The van der Waals surface area contributed by atoms with E-state index in [1.165, 1.54) is 11.6 Å². The maximum atomic E-state index is 13.3. The summed E-state index contributed by atoms with van der Waals surface area (Å²) in [5.74, 6) is -0.443. The van der Waals surface area contributed by atoms with Crippen molar-refractivity contribution in [2.24, 2.45) is 5.73 Å². The molecule has 0 aliphatic rings. The molecule has 0 atom stereocenters. The summed E-state index contributed by atoms with van der Waals surface area (Å²) in [7, 11) is 0. The van der Waals surface area contributed by atoms with Gasteiger partial charge in [0.05, 0.1) is 0 Å². The second-order valence-corrected chi connectivity index (χ2v) is 5.05. The van der Waals surface area contributed by atoms with E-state index in [4.69, 9.17) is 5.73 Å². The lowest BCUT2D eigenvalue weighted by Gasteiger charge is -2.08. The summed E-state index contributed by atoms with van der Waals surface area (Å²) >= 11 is 0. The minimum absolute atomic E-state index is 0.0916. The number of aryl methyl sites for hydroxylation is 2. The average molecular weight is 286 g/mol. The van der Waals surface area contributed by atoms with Crippen LogP contribution in [-0.2, 0) is 17.8 Å². The summed E-state index contributed by atoms with van der Waals surface area (Å²) in [6.07, 6.45) is 1.07. The van der Waals surface area contributed by atoms with Crippen molar-refractivity contribution in [1.82, 2.24) is 0 Å². The lowest BCUT2D eigenvalue weighted by molar-refractivity contribution is -0.116. The fraction of sp³-hybridized carbons (Fsp3) is 0.235. The van der Waals surface area contributed by atoms with Crippen LogP contribution in [0.3, 0.4) is 0 Å². The molecule has 1 amide bonds. The number of nitrogens with one attached hydrogen (secondary N) is 1. The van der Waals surface area contributed by atoms with Crippen LogP contribution in [0.4, 0.5) is 10.1 Å². The first-order valence-electron chi connectivity index (χ1n) is 6.92. The first kappa shape index (κ1) is 15.2. The molecular weight excluding hydrogens is 267 g/mol. The Morgan fingerprint density at radius 1 is 1.24 bits per heavy atom. The number of anilines is 1. The number of carbonyl (C=O) groups excluding carboxylic acids is 1. The zero-order valence-electron chi connectivity index (χ0n) is 12.0. The van der Waals surface area contributed by atoms with Crippen LogP contribution in [-0.4, -0.2) is 5.91 Å². The quantitative estimate of drug-likeness (QED) is 0.887. The Kier molecular flexibility index (Phi) is 5.06. The first-order valence-corrected chi connectivity index (χ1v) is 6.92. The molecule has 0 bridgehead atoms. The summed E-state index contributed by atoms with van der Waals surface area (Å²) < 4.78 is 13.3. The van der Waals surface area contributed by atoms with E-state index in [2.05, 4.69) is 11.4 Å². The molecule has 0 unspecified atom stereocenters. The molecule has 0 aromatic heterocycles. The largest absolute Gasteiger partial charge is 0.326 e. The number of benzene rings is 2. The minimum atomic E-state index is -0.352. The Balaban J connectivity index is 1.93. The molecule has 0 aliphatic carbocycles. The second-order valence-electron chi connectivity index (χ2n) is 5.05. The standard InChI is InChI=1S/C17H19FN2O/c1-12-3-2-4-13(9-12)5-8-17(21)20-15-6-7-16(18)14(10-15)11-19/h2-4,6-7,9-10H,5,8,11,19H2,1H3,(H,20,21). The molecule has 110 valence electrons. The van der Waals surface area contributed by atoms with Crippen molar-refractivity contribution in [3.63, 3.8) is 0 Å². The van der Waals surface area contributed by atoms with Gasteiger partial charge in [-0.2, -0.15) is 0 Å². The average Bonchev–Trinajstić information content (AvgIpc) is 2.47. The van der Waals surface area contributed by atoms with Crippen molar-refractivity contribution in [2.45, 2.75) is 26.3 Å². The summed E-state index contributed by atoms with van der Waals surface area (Å²) in [4.78, 5) is 11.9. The molecule has 2 rings (SSSR count). The summed E-state index contributed by atoms with van der Waals surface area (Å²) in [6.45, 7) is 2.13. The van der Waals surface area contributed by atoms with Gasteiger partial charge in [0.1, 0.15) is 5.82 Å². The lowest BCUT2D eigenvalue weighted by atomic mass is 10.1. The van der Waals surface area contributed by atoms with E-state index in [1.54, 1.807) is 12.1 Å². The molecule has 21 heavy (non-hydrogen) atoms. The van der Waals surface area contributed by atoms with Gasteiger partial charge >= 0.3 is 0 Å². The Morgan fingerprint density at radius 3 is 2.76 bits per heavy atom. The van der Waals surface area contributed by atoms with Gasteiger partial charge in [0, 0.05) is 24.2 Å². The number of halogens is 1. The van der Waals surface area contributed by atoms with E-state index < -0.39 is 0 Å². The van der Waals surface area contributed by atoms with Crippen molar-refractivity contribution < 1.29 is 9.18 Å². The number of amides is 1. The summed E-state index contributed by atoms with van der Waals surface area (Å²) in [6, 6.07) is 12.5. The molecular formula is C17H19FN2O. The topological polar surface area (TPSA) is 55.1 Å². The van der Waals surface area contributed by atoms with Gasteiger partial charge in [-0.3, -0.25) is 4.79 Å². The molecule has 0 saturated carbocycles. The SMILES string of the molecule is Cc1cccc(CCC(=O)Nc2ccc(F)c(CN)c2)c1. The number of hydrogen-bond donors (Lipinski definition) is 2. The third-order valence-electron chi connectivity index (χ3n) is 3.27. The molecule has 0 spiro atoms. The van der Waals surface area contributed by atoms with Gasteiger partial charge in [-0.05, 0) is 37.1 Å². The monoisotopic (exact) mass is 286 g/mol. The molecule has 0 aliphatic heterocycles. The molecule has 3 N–H and O–H groups in total. The smallest absolute Gasteiger partial charge is 0.224 e. The van der Waals surface area contributed by atoms with E-state index >= 15 is 0 Å². The fourth-order valence-electron chi connectivity index (χ4n) is 2.16. The van der Waals surface area contributed by atoms with Crippen LogP contribution in [0.25, 0.3) is 0 Å².